The third kappa shape index (κ3) is 4.97. The molecule has 0 aliphatic heterocycles. The number of carbonyl (C=O) groups is 1. The van der Waals surface area contributed by atoms with Crippen molar-refractivity contribution >= 4 is 17.8 Å². The zero-order valence-electron chi connectivity index (χ0n) is 15.2. The summed E-state index contributed by atoms with van der Waals surface area (Å²) in [6.07, 6.45) is 4.33. The molecule has 2 N–H and O–H groups in total. The highest BCUT2D eigenvalue weighted by Crippen LogP contribution is 2.22. The third-order valence-electron chi connectivity index (χ3n) is 3.96. The van der Waals surface area contributed by atoms with E-state index in [1.54, 1.807) is 6.20 Å². The Labute approximate surface area is 148 Å². The van der Waals surface area contributed by atoms with Crippen LogP contribution in [0.5, 0.6) is 0 Å². The van der Waals surface area contributed by atoms with Crippen molar-refractivity contribution in [2.75, 3.05) is 5.32 Å². The zero-order valence-corrected chi connectivity index (χ0v) is 15.2. The Kier molecular flexibility index (Phi) is 6.42. The number of benzene rings is 1. The molecular weight excluding hydrogens is 314 g/mol. The fourth-order valence-electron chi connectivity index (χ4n) is 2.22. The molecule has 0 saturated carbocycles. The average Bonchev–Trinajstić information content (AvgIpc) is 2.62. The van der Waals surface area contributed by atoms with Crippen LogP contribution in [0.2, 0.25) is 0 Å². The summed E-state index contributed by atoms with van der Waals surface area (Å²) in [5.41, 5.74) is 4.19. The predicted octanol–water partition coefficient (Wildman–Crippen LogP) is 4.04. The second-order valence-electron chi connectivity index (χ2n) is 6.36. The lowest BCUT2D eigenvalue weighted by molar-refractivity contribution is -0.119. The third-order valence-corrected chi connectivity index (χ3v) is 3.96. The van der Waals surface area contributed by atoms with Crippen LogP contribution in [0, 0.1) is 5.92 Å². The van der Waals surface area contributed by atoms with Gasteiger partial charge in [0.2, 0.25) is 5.91 Å². The van der Waals surface area contributed by atoms with Crippen LogP contribution < -0.4 is 5.32 Å². The van der Waals surface area contributed by atoms with Crippen LogP contribution in [0.3, 0.4) is 0 Å². The first kappa shape index (κ1) is 18.8. The van der Waals surface area contributed by atoms with Crippen LogP contribution in [0.15, 0.2) is 36.0 Å². The number of carbonyl (C=O) groups excluding carboxylic acids is 1. The molecule has 25 heavy (non-hydrogen) atoms. The van der Waals surface area contributed by atoms with Gasteiger partial charge in [0.15, 0.2) is 5.82 Å². The van der Waals surface area contributed by atoms with Gasteiger partial charge in [-0.3, -0.25) is 4.79 Å². The van der Waals surface area contributed by atoms with Gasteiger partial charge in [-0.2, -0.15) is 0 Å². The van der Waals surface area contributed by atoms with Crippen molar-refractivity contribution in [3.63, 3.8) is 0 Å². The van der Waals surface area contributed by atoms with Crippen LogP contribution >= 0.6 is 0 Å². The number of aliphatic hydroxyl groups excluding tert-OH is 1. The quantitative estimate of drug-likeness (QED) is 0.833. The van der Waals surface area contributed by atoms with Crippen molar-refractivity contribution in [3.05, 3.63) is 47.3 Å². The molecule has 5 heteroatoms. The Morgan fingerprint density at radius 3 is 2.52 bits per heavy atom. The smallest absolute Gasteiger partial charge is 0.228 e. The Hall–Kier alpha value is -2.53. The van der Waals surface area contributed by atoms with Gasteiger partial charge in [0.25, 0.3) is 0 Å². The van der Waals surface area contributed by atoms with Crippen molar-refractivity contribution in [1.29, 1.82) is 0 Å². The Bertz CT molecular complexity index is 763. The normalized spacial score (nSPS) is 11.7. The summed E-state index contributed by atoms with van der Waals surface area (Å²) in [6, 6.07) is 7.52. The Morgan fingerprint density at radius 2 is 1.96 bits per heavy atom. The summed E-state index contributed by atoms with van der Waals surface area (Å²) in [4.78, 5) is 21.3. The lowest BCUT2D eigenvalue weighted by atomic mass is 10.1. The van der Waals surface area contributed by atoms with Crippen molar-refractivity contribution in [2.45, 2.75) is 40.7 Å². The van der Waals surface area contributed by atoms with Crippen molar-refractivity contribution in [3.8, 4) is 11.3 Å². The van der Waals surface area contributed by atoms with Crippen LogP contribution in [0.25, 0.3) is 17.3 Å². The predicted molar refractivity (Wildman–Crippen MR) is 101 cm³/mol. The molecular formula is C20H25N3O2. The fourth-order valence-corrected chi connectivity index (χ4v) is 2.22. The standard InChI is InChI=1S/C20H25N3O2/c1-5-14(4)20(25)23-19-17(10-13(2)3)22-18(11-21-19)16-8-6-15(12-24)7-9-16/h6-11,14,24H,5,12H2,1-4H3,(H,21,23,25). The van der Waals surface area contributed by atoms with E-state index in [1.165, 1.54) is 0 Å². The van der Waals surface area contributed by atoms with E-state index in [2.05, 4.69) is 15.3 Å². The molecule has 2 rings (SSSR count). The molecule has 1 heterocycles. The molecule has 1 atom stereocenters. The number of nitrogens with zero attached hydrogens (tertiary/aromatic N) is 2. The van der Waals surface area contributed by atoms with Gasteiger partial charge in [-0.05, 0) is 31.9 Å². The number of nitrogens with one attached hydrogen (secondary N) is 1. The minimum Gasteiger partial charge on any atom is -0.392 e. The van der Waals surface area contributed by atoms with Crippen LogP contribution in [0.1, 0.15) is 45.4 Å². The highest BCUT2D eigenvalue weighted by Gasteiger charge is 2.14. The second kappa shape index (κ2) is 8.53. The number of hydrogen-bond donors (Lipinski definition) is 2. The van der Waals surface area contributed by atoms with E-state index in [-0.39, 0.29) is 18.4 Å². The first-order chi connectivity index (χ1) is 11.9. The number of aliphatic hydroxyl groups is 1. The molecule has 0 aliphatic carbocycles. The van der Waals surface area contributed by atoms with Crippen molar-refractivity contribution < 1.29 is 9.90 Å². The van der Waals surface area contributed by atoms with E-state index >= 15 is 0 Å². The summed E-state index contributed by atoms with van der Waals surface area (Å²) in [5.74, 6) is 0.342. The topological polar surface area (TPSA) is 75.1 Å². The molecule has 1 amide bonds. The minimum atomic E-state index is -0.0768. The number of allylic oxidation sites excluding steroid dienone is 1. The van der Waals surface area contributed by atoms with Crippen LogP contribution in [-0.4, -0.2) is 21.0 Å². The summed E-state index contributed by atoms with van der Waals surface area (Å²) in [5, 5.41) is 12.0. The maximum atomic E-state index is 12.2. The van der Waals surface area contributed by atoms with Gasteiger partial charge in [-0.1, -0.05) is 43.7 Å². The first-order valence-corrected chi connectivity index (χ1v) is 8.47. The van der Waals surface area contributed by atoms with E-state index in [0.717, 1.165) is 28.8 Å². The molecule has 1 aromatic carbocycles. The number of hydrogen-bond acceptors (Lipinski definition) is 4. The summed E-state index contributed by atoms with van der Waals surface area (Å²) in [7, 11) is 0. The van der Waals surface area contributed by atoms with E-state index in [4.69, 9.17) is 5.11 Å². The average molecular weight is 339 g/mol. The highest BCUT2D eigenvalue weighted by atomic mass is 16.3. The molecule has 0 saturated heterocycles. The molecule has 0 radical (unpaired) electrons. The summed E-state index contributed by atoms with van der Waals surface area (Å²) in [6.45, 7) is 7.83. The fraction of sp³-hybridized carbons (Fsp3) is 0.350. The molecule has 0 spiro atoms. The van der Waals surface area contributed by atoms with Gasteiger partial charge in [0.05, 0.1) is 18.5 Å². The SMILES string of the molecule is CCC(C)C(=O)Nc1ncc(-c2ccc(CO)cc2)nc1C=C(C)C. The summed E-state index contributed by atoms with van der Waals surface area (Å²) >= 11 is 0. The maximum Gasteiger partial charge on any atom is 0.228 e. The lowest BCUT2D eigenvalue weighted by Crippen LogP contribution is -2.21. The molecule has 0 aliphatic rings. The molecule has 0 fully saturated rings. The van der Waals surface area contributed by atoms with Crippen LogP contribution in [-0.2, 0) is 11.4 Å². The first-order valence-electron chi connectivity index (χ1n) is 8.47. The number of anilines is 1. The maximum absolute atomic E-state index is 12.2. The zero-order chi connectivity index (χ0) is 18.4. The van der Waals surface area contributed by atoms with E-state index in [1.807, 2.05) is 58.0 Å². The van der Waals surface area contributed by atoms with Gasteiger partial charge in [-0.25, -0.2) is 9.97 Å². The molecule has 132 valence electrons. The Morgan fingerprint density at radius 1 is 1.28 bits per heavy atom. The van der Waals surface area contributed by atoms with Gasteiger partial charge < -0.3 is 10.4 Å². The van der Waals surface area contributed by atoms with Crippen molar-refractivity contribution in [2.24, 2.45) is 5.92 Å². The Balaban J connectivity index is 2.38. The molecule has 0 bridgehead atoms. The molecule has 1 aromatic heterocycles. The van der Waals surface area contributed by atoms with Gasteiger partial charge >= 0.3 is 0 Å². The number of rotatable bonds is 6. The molecule has 2 aromatic rings. The van der Waals surface area contributed by atoms with Gasteiger partial charge in [0.1, 0.15) is 5.69 Å². The largest absolute Gasteiger partial charge is 0.392 e. The second-order valence-corrected chi connectivity index (χ2v) is 6.36. The number of aromatic nitrogens is 2. The summed E-state index contributed by atoms with van der Waals surface area (Å²) < 4.78 is 0. The lowest BCUT2D eigenvalue weighted by Gasteiger charge is -2.12. The van der Waals surface area contributed by atoms with Crippen LogP contribution in [0.4, 0.5) is 5.82 Å². The van der Waals surface area contributed by atoms with Crippen molar-refractivity contribution in [1.82, 2.24) is 9.97 Å². The molecule has 5 nitrogen and oxygen atoms in total. The molecule has 1 unspecified atom stereocenters. The highest BCUT2D eigenvalue weighted by molar-refractivity contribution is 5.93. The minimum absolute atomic E-state index is 0.00948. The number of amides is 1. The van der Waals surface area contributed by atoms with E-state index in [9.17, 15) is 4.79 Å². The van der Waals surface area contributed by atoms with E-state index in [0.29, 0.717) is 11.5 Å². The monoisotopic (exact) mass is 339 g/mol. The van der Waals surface area contributed by atoms with Gasteiger partial charge in [-0.15, -0.1) is 0 Å². The van der Waals surface area contributed by atoms with E-state index < -0.39 is 0 Å². The van der Waals surface area contributed by atoms with Gasteiger partial charge in [0, 0.05) is 11.5 Å².